The van der Waals surface area contributed by atoms with Gasteiger partial charge in [-0.25, -0.2) is 4.98 Å². The summed E-state index contributed by atoms with van der Waals surface area (Å²) in [6, 6.07) is 8.61. The van der Waals surface area contributed by atoms with Crippen molar-refractivity contribution in [3.63, 3.8) is 0 Å². The van der Waals surface area contributed by atoms with Crippen LogP contribution in [0.1, 0.15) is 17.4 Å². The Labute approximate surface area is 110 Å². The van der Waals surface area contributed by atoms with E-state index < -0.39 is 0 Å². The molecule has 2 aromatic rings. The first-order chi connectivity index (χ1) is 8.20. The Bertz CT molecular complexity index is 489. The first-order valence-electron chi connectivity index (χ1n) is 5.60. The molecule has 0 amide bonds. The van der Waals surface area contributed by atoms with Gasteiger partial charge in [0.25, 0.3) is 0 Å². The molecule has 0 fully saturated rings. The van der Waals surface area contributed by atoms with Crippen LogP contribution in [0.15, 0.2) is 24.3 Å². The van der Waals surface area contributed by atoms with Crippen molar-refractivity contribution in [1.29, 1.82) is 0 Å². The molecular formula is C13H16N2S2. The summed E-state index contributed by atoms with van der Waals surface area (Å²) < 4.78 is 0. The van der Waals surface area contributed by atoms with Gasteiger partial charge in [-0.2, -0.15) is 11.8 Å². The number of nitrogen functional groups attached to an aromatic ring is 1. The number of thioether (sulfide) groups is 1. The third-order valence-electron chi connectivity index (χ3n) is 2.51. The number of nitrogens with two attached hydrogens (primary N) is 1. The van der Waals surface area contributed by atoms with Gasteiger partial charge >= 0.3 is 0 Å². The van der Waals surface area contributed by atoms with Gasteiger partial charge < -0.3 is 5.73 Å². The van der Waals surface area contributed by atoms with E-state index in [2.05, 4.69) is 43.1 Å². The summed E-state index contributed by atoms with van der Waals surface area (Å²) in [6.45, 7) is 4.24. The molecule has 0 bridgehead atoms. The fourth-order valence-electron chi connectivity index (χ4n) is 1.66. The van der Waals surface area contributed by atoms with Crippen LogP contribution in [0, 0.1) is 6.92 Å². The summed E-state index contributed by atoms with van der Waals surface area (Å²) in [5.41, 5.74) is 9.25. The number of anilines is 1. The highest BCUT2D eigenvalue weighted by molar-refractivity contribution is 7.98. The average Bonchev–Trinajstić information content (AvgIpc) is 2.66. The molecule has 0 atom stereocenters. The number of nitrogens with zero attached hydrogens (tertiary/aromatic N) is 1. The molecule has 0 unspecified atom stereocenters. The fraction of sp³-hybridized carbons (Fsp3) is 0.308. The highest BCUT2D eigenvalue weighted by Gasteiger charge is 2.07. The van der Waals surface area contributed by atoms with E-state index in [1.165, 1.54) is 10.4 Å². The van der Waals surface area contributed by atoms with Crippen molar-refractivity contribution in [2.45, 2.75) is 19.6 Å². The van der Waals surface area contributed by atoms with Crippen LogP contribution < -0.4 is 5.73 Å². The molecule has 0 spiro atoms. The lowest BCUT2D eigenvalue weighted by molar-refractivity contribution is 1.35. The van der Waals surface area contributed by atoms with Gasteiger partial charge in [0.2, 0.25) is 0 Å². The van der Waals surface area contributed by atoms with Gasteiger partial charge in [-0.05, 0) is 18.2 Å². The molecule has 0 saturated heterocycles. The Kier molecular flexibility index (Phi) is 4.07. The molecule has 1 aromatic carbocycles. The van der Waals surface area contributed by atoms with Crippen molar-refractivity contribution >= 4 is 28.2 Å². The molecule has 0 radical (unpaired) electrons. The molecule has 2 rings (SSSR count). The fourth-order valence-corrected chi connectivity index (χ4v) is 3.01. The maximum absolute atomic E-state index is 5.72. The van der Waals surface area contributed by atoms with Crippen LogP contribution in [0.3, 0.4) is 0 Å². The van der Waals surface area contributed by atoms with Crippen LogP contribution in [0.4, 0.5) is 5.13 Å². The number of benzene rings is 1. The number of aryl methyl sites for hydroxylation is 1. The molecule has 0 aliphatic rings. The normalized spacial score (nSPS) is 10.7. The molecule has 0 aliphatic heterocycles. The zero-order valence-electron chi connectivity index (χ0n) is 10.1. The summed E-state index contributed by atoms with van der Waals surface area (Å²) in [5, 5.41) is 0.642. The van der Waals surface area contributed by atoms with Crippen molar-refractivity contribution in [1.82, 2.24) is 4.98 Å². The van der Waals surface area contributed by atoms with Crippen molar-refractivity contribution < 1.29 is 0 Å². The summed E-state index contributed by atoms with van der Waals surface area (Å²) in [7, 11) is 0. The van der Waals surface area contributed by atoms with Gasteiger partial charge in [-0.15, -0.1) is 11.3 Å². The molecule has 2 nitrogen and oxygen atoms in total. The van der Waals surface area contributed by atoms with E-state index in [9.17, 15) is 0 Å². The number of rotatable bonds is 4. The maximum atomic E-state index is 5.72. The van der Waals surface area contributed by atoms with E-state index in [-0.39, 0.29) is 0 Å². The predicted octanol–water partition coefficient (Wildman–Crippen LogP) is 3.95. The monoisotopic (exact) mass is 264 g/mol. The molecule has 0 aliphatic carbocycles. The van der Waals surface area contributed by atoms with Gasteiger partial charge in [-0.1, -0.05) is 31.2 Å². The molecule has 90 valence electrons. The van der Waals surface area contributed by atoms with Crippen molar-refractivity contribution in [3.05, 3.63) is 34.7 Å². The Morgan fingerprint density at radius 3 is 2.53 bits per heavy atom. The minimum absolute atomic E-state index is 0.642. The van der Waals surface area contributed by atoms with E-state index in [0.717, 1.165) is 22.8 Å². The second kappa shape index (κ2) is 5.56. The zero-order chi connectivity index (χ0) is 12.3. The Balaban J connectivity index is 2.20. The van der Waals surface area contributed by atoms with Crippen LogP contribution in [0.5, 0.6) is 0 Å². The van der Waals surface area contributed by atoms with Crippen LogP contribution in [-0.2, 0) is 5.75 Å². The highest BCUT2D eigenvalue weighted by atomic mass is 32.2. The van der Waals surface area contributed by atoms with E-state index in [1.54, 1.807) is 11.3 Å². The first kappa shape index (κ1) is 12.5. The largest absolute Gasteiger partial charge is 0.375 e. The van der Waals surface area contributed by atoms with Crippen LogP contribution in [-0.4, -0.2) is 10.7 Å². The Hall–Kier alpha value is -1.00. The highest BCUT2D eigenvalue weighted by Crippen LogP contribution is 2.29. The zero-order valence-corrected chi connectivity index (χ0v) is 11.7. The molecule has 1 heterocycles. The minimum Gasteiger partial charge on any atom is -0.375 e. The second-order valence-electron chi connectivity index (χ2n) is 3.79. The minimum atomic E-state index is 0.642. The Morgan fingerprint density at radius 1 is 1.29 bits per heavy atom. The summed E-state index contributed by atoms with van der Waals surface area (Å²) in [4.78, 5) is 5.54. The SMILES string of the molecule is CCSCc1ccc(-c2nc(N)sc2C)cc1. The lowest BCUT2D eigenvalue weighted by Crippen LogP contribution is -1.85. The molecule has 2 N–H and O–H groups in total. The third-order valence-corrected chi connectivity index (χ3v) is 4.26. The third kappa shape index (κ3) is 3.01. The second-order valence-corrected chi connectivity index (χ2v) is 6.30. The average molecular weight is 264 g/mol. The van der Waals surface area contributed by atoms with Gasteiger partial charge in [0.15, 0.2) is 5.13 Å². The standard InChI is InChI=1S/C13H16N2S2/c1-3-16-8-10-4-6-11(7-5-10)12-9(2)17-13(14)15-12/h4-7H,3,8H2,1-2H3,(H2,14,15). The number of thiazole rings is 1. The summed E-state index contributed by atoms with van der Waals surface area (Å²) >= 11 is 3.48. The molecule has 4 heteroatoms. The van der Waals surface area contributed by atoms with Crippen LogP contribution in [0.2, 0.25) is 0 Å². The van der Waals surface area contributed by atoms with Gasteiger partial charge in [0.05, 0.1) is 5.69 Å². The maximum Gasteiger partial charge on any atom is 0.180 e. The number of hydrogen-bond donors (Lipinski definition) is 1. The predicted molar refractivity (Wildman–Crippen MR) is 78.5 cm³/mol. The van der Waals surface area contributed by atoms with E-state index in [0.29, 0.717) is 5.13 Å². The summed E-state index contributed by atoms with van der Waals surface area (Å²) in [5.74, 6) is 2.23. The van der Waals surface area contributed by atoms with E-state index in [4.69, 9.17) is 5.73 Å². The first-order valence-corrected chi connectivity index (χ1v) is 7.57. The topological polar surface area (TPSA) is 38.9 Å². The van der Waals surface area contributed by atoms with Gasteiger partial charge in [0.1, 0.15) is 0 Å². The van der Waals surface area contributed by atoms with Crippen molar-refractivity contribution in [3.8, 4) is 11.3 Å². The lowest BCUT2D eigenvalue weighted by Gasteiger charge is -2.02. The van der Waals surface area contributed by atoms with E-state index >= 15 is 0 Å². The quantitative estimate of drug-likeness (QED) is 0.908. The van der Waals surface area contributed by atoms with E-state index in [1.807, 2.05) is 11.8 Å². The number of aromatic nitrogens is 1. The molecule has 17 heavy (non-hydrogen) atoms. The van der Waals surface area contributed by atoms with Crippen LogP contribution in [0.25, 0.3) is 11.3 Å². The van der Waals surface area contributed by atoms with Gasteiger partial charge in [0, 0.05) is 16.2 Å². The van der Waals surface area contributed by atoms with Crippen molar-refractivity contribution in [2.24, 2.45) is 0 Å². The molecule has 0 saturated carbocycles. The van der Waals surface area contributed by atoms with Crippen molar-refractivity contribution in [2.75, 3.05) is 11.5 Å². The van der Waals surface area contributed by atoms with Crippen LogP contribution >= 0.6 is 23.1 Å². The summed E-state index contributed by atoms with van der Waals surface area (Å²) in [6.07, 6.45) is 0. The lowest BCUT2D eigenvalue weighted by atomic mass is 10.1. The van der Waals surface area contributed by atoms with Gasteiger partial charge in [-0.3, -0.25) is 0 Å². The Morgan fingerprint density at radius 2 is 2.00 bits per heavy atom. The number of hydrogen-bond acceptors (Lipinski definition) is 4. The molecular weight excluding hydrogens is 248 g/mol. The molecule has 1 aromatic heterocycles. The smallest absolute Gasteiger partial charge is 0.180 e.